The molecule has 0 radical (unpaired) electrons. The number of benzene rings is 6. The van der Waals surface area contributed by atoms with E-state index in [0.29, 0.717) is 0 Å². The van der Waals surface area contributed by atoms with E-state index in [0.717, 1.165) is 11.2 Å². The number of furan rings is 1. The Balaban J connectivity index is 1.82. The van der Waals surface area contributed by atoms with Crippen LogP contribution in [0.15, 0.2) is 101 Å². The lowest BCUT2D eigenvalue weighted by molar-refractivity contribution is 0.673. The van der Waals surface area contributed by atoms with Crippen molar-refractivity contribution in [3.63, 3.8) is 0 Å². The number of para-hydroxylation sites is 1. The summed E-state index contributed by atoms with van der Waals surface area (Å²) in [6.45, 7) is 0. The summed E-state index contributed by atoms with van der Waals surface area (Å²) in [5, 5.41) is 10.0. The Kier molecular flexibility index (Phi) is 2.80. The first-order valence-electron chi connectivity index (χ1n) is 9.96. The van der Waals surface area contributed by atoms with Crippen LogP contribution in [0.25, 0.3) is 65.4 Å². The van der Waals surface area contributed by atoms with Crippen molar-refractivity contribution in [3.8, 4) is 11.1 Å². The van der Waals surface area contributed by atoms with Crippen LogP contribution in [-0.2, 0) is 0 Å². The maximum Gasteiger partial charge on any atom is 0.143 e. The second-order valence-electron chi connectivity index (χ2n) is 7.72. The molecule has 0 N–H and O–H groups in total. The number of hydrogen-bond acceptors (Lipinski definition) is 1. The van der Waals surface area contributed by atoms with Gasteiger partial charge in [-0.3, -0.25) is 0 Å². The van der Waals surface area contributed by atoms with Crippen LogP contribution >= 0.6 is 0 Å². The van der Waals surface area contributed by atoms with Gasteiger partial charge in [-0.15, -0.1) is 0 Å². The zero-order valence-electron chi connectivity index (χ0n) is 15.6. The van der Waals surface area contributed by atoms with Gasteiger partial charge in [-0.05, 0) is 44.8 Å². The van der Waals surface area contributed by atoms with Gasteiger partial charge in [-0.25, -0.2) is 0 Å². The maximum atomic E-state index is 6.41. The van der Waals surface area contributed by atoms with Gasteiger partial charge in [-0.2, -0.15) is 0 Å². The Labute approximate surface area is 167 Å². The summed E-state index contributed by atoms with van der Waals surface area (Å²) in [6.07, 6.45) is 0. The SMILES string of the molecule is c1ccc(-c2cc3cccc4c5c6ccccc6oc5c5cccc2c5c34)cc1. The van der Waals surface area contributed by atoms with Gasteiger partial charge in [0.1, 0.15) is 11.2 Å². The maximum absolute atomic E-state index is 6.41. The van der Waals surface area contributed by atoms with Crippen LogP contribution in [0.3, 0.4) is 0 Å². The Morgan fingerprint density at radius 2 is 1.21 bits per heavy atom. The van der Waals surface area contributed by atoms with Crippen LogP contribution in [0, 0.1) is 0 Å². The van der Waals surface area contributed by atoms with E-state index in [4.69, 9.17) is 4.42 Å². The number of rotatable bonds is 1. The van der Waals surface area contributed by atoms with Gasteiger partial charge in [0.05, 0.1) is 0 Å². The minimum absolute atomic E-state index is 0.947. The molecule has 0 saturated heterocycles. The lowest BCUT2D eigenvalue weighted by Crippen LogP contribution is -1.88. The van der Waals surface area contributed by atoms with Gasteiger partial charge < -0.3 is 4.42 Å². The van der Waals surface area contributed by atoms with Crippen molar-refractivity contribution in [2.45, 2.75) is 0 Å². The fraction of sp³-hybridized carbons (Fsp3) is 0. The molecule has 0 amide bonds. The highest BCUT2D eigenvalue weighted by molar-refractivity contribution is 6.37. The predicted octanol–water partition coefficient (Wildman–Crippen LogP) is 8.15. The van der Waals surface area contributed by atoms with Gasteiger partial charge >= 0.3 is 0 Å². The molecule has 0 aliphatic carbocycles. The van der Waals surface area contributed by atoms with Gasteiger partial charge in [-0.1, -0.05) is 84.9 Å². The summed E-state index contributed by atoms with van der Waals surface area (Å²) in [6, 6.07) is 34.6. The third-order valence-electron chi connectivity index (χ3n) is 6.20. The first-order chi connectivity index (χ1) is 14.4. The minimum atomic E-state index is 0.947. The van der Waals surface area contributed by atoms with E-state index in [-0.39, 0.29) is 0 Å². The second kappa shape index (κ2) is 5.36. The molecule has 1 nitrogen and oxygen atoms in total. The average Bonchev–Trinajstić information content (AvgIpc) is 3.18. The average molecular weight is 368 g/mol. The van der Waals surface area contributed by atoms with E-state index in [1.807, 2.05) is 6.07 Å². The molecule has 0 saturated carbocycles. The molecule has 0 fully saturated rings. The second-order valence-corrected chi connectivity index (χ2v) is 7.72. The van der Waals surface area contributed by atoms with Gasteiger partial charge in [0.25, 0.3) is 0 Å². The van der Waals surface area contributed by atoms with E-state index < -0.39 is 0 Å². The van der Waals surface area contributed by atoms with E-state index in [1.165, 1.54) is 54.2 Å². The first-order valence-corrected chi connectivity index (χ1v) is 9.96. The summed E-state index contributed by atoms with van der Waals surface area (Å²) in [4.78, 5) is 0. The molecular formula is C28H16O. The van der Waals surface area contributed by atoms with Gasteiger partial charge in [0.15, 0.2) is 0 Å². The molecule has 0 bridgehead atoms. The summed E-state index contributed by atoms with van der Waals surface area (Å²) < 4.78 is 6.41. The van der Waals surface area contributed by atoms with Crippen LogP contribution in [0.2, 0.25) is 0 Å². The molecule has 1 heteroatoms. The largest absolute Gasteiger partial charge is 0.455 e. The summed E-state index contributed by atoms with van der Waals surface area (Å²) in [7, 11) is 0. The normalized spacial score (nSPS) is 12.1. The van der Waals surface area contributed by atoms with Gasteiger partial charge in [0, 0.05) is 21.5 Å². The third kappa shape index (κ3) is 1.89. The van der Waals surface area contributed by atoms with Crippen LogP contribution in [0.5, 0.6) is 0 Å². The molecule has 0 aliphatic rings. The highest BCUT2D eigenvalue weighted by Crippen LogP contribution is 2.46. The topological polar surface area (TPSA) is 13.1 Å². The molecule has 0 atom stereocenters. The smallest absolute Gasteiger partial charge is 0.143 e. The predicted molar refractivity (Wildman–Crippen MR) is 123 cm³/mol. The van der Waals surface area contributed by atoms with E-state index in [9.17, 15) is 0 Å². The van der Waals surface area contributed by atoms with E-state index >= 15 is 0 Å². The molecule has 6 aromatic carbocycles. The number of fused-ring (bicyclic) bond motifs is 5. The molecule has 1 heterocycles. The zero-order chi connectivity index (χ0) is 18.9. The molecule has 7 rings (SSSR count). The Morgan fingerprint density at radius 1 is 0.483 bits per heavy atom. The van der Waals surface area contributed by atoms with E-state index in [2.05, 4.69) is 91.0 Å². The van der Waals surface area contributed by atoms with Crippen molar-refractivity contribution in [2.75, 3.05) is 0 Å². The third-order valence-corrected chi connectivity index (χ3v) is 6.20. The van der Waals surface area contributed by atoms with Crippen molar-refractivity contribution < 1.29 is 4.42 Å². The molecule has 29 heavy (non-hydrogen) atoms. The fourth-order valence-electron chi connectivity index (χ4n) is 5.01. The lowest BCUT2D eigenvalue weighted by atomic mass is 9.87. The standard InChI is InChI=1S/C28H16O/c1-2-8-17(9-3-1)23-16-18-10-6-13-21-25(18)26-19(23)12-7-14-22(26)28-27(21)20-11-4-5-15-24(20)29-28/h1-16H. The quantitative estimate of drug-likeness (QED) is 0.266. The van der Waals surface area contributed by atoms with Crippen molar-refractivity contribution in [1.29, 1.82) is 0 Å². The highest BCUT2D eigenvalue weighted by Gasteiger charge is 2.19. The van der Waals surface area contributed by atoms with Crippen molar-refractivity contribution in [1.82, 2.24) is 0 Å². The van der Waals surface area contributed by atoms with Gasteiger partial charge in [0.2, 0.25) is 0 Å². The van der Waals surface area contributed by atoms with Crippen molar-refractivity contribution in [2.24, 2.45) is 0 Å². The van der Waals surface area contributed by atoms with E-state index in [1.54, 1.807) is 0 Å². The Bertz CT molecular complexity index is 1690. The molecule has 1 aromatic heterocycles. The fourth-order valence-corrected chi connectivity index (χ4v) is 5.01. The zero-order valence-corrected chi connectivity index (χ0v) is 15.6. The highest BCUT2D eigenvalue weighted by atomic mass is 16.3. The molecule has 0 aliphatic heterocycles. The van der Waals surface area contributed by atoms with Crippen LogP contribution < -0.4 is 0 Å². The number of hydrogen-bond donors (Lipinski definition) is 0. The summed E-state index contributed by atoms with van der Waals surface area (Å²) >= 11 is 0. The monoisotopic (exact) mass is 368 g/mol. The molecule has 7 aromatic rings. The lowest BCUT2D eigenvalue weighted by Gasteiger charge is -2.15. The van der Waals surface area contributed by atoms with Crippen LogP contribution in [-0.4, -0.2) is 0 Å². The summed E-state index contributed by atoms with van der Waals surface area (Å²) in [5.41, 5.74) is 4.45. The Morgan fingerprint density at radius 3 is 2.14 bits per heavy atom. The molecule has 0 unspecified atom stereocenters. The molecule has 0 spiro atoms. The van der Waals surface area contributed by atoms with Crippen LogP contribution in [0.1, 0.15) is 0 Å². The Hall–Kier alpha value is -3.84. The van der Waals surface area contributed by atoms with Crippen molar-refractivity contribution >= 4 is 54.3 Å². The van der Waals surface area contributed by atoms with Crippen molar-refractivity contribution in [3.05, 3.63) is 97.1 Å². The molecular weight excluding hydrogens is 352 g/mol. The summed E-state index contributed by atoms with van der Waals surface area (Å²) in [5.74, 6) is 0. The van der Waals surface area contributed by atoms with Crippen LogP contribution in [0.4, 0.5) is 0 Å². The first kappa shape index (κ1) is 15.1. The molecule has 134 valence electrons. The minimum Gasteiger partial charge on any atom is -0.455 e.